The summed E-state index contributed by atoms with van der Waals surface area (Å²) in [5, 5.41) is 6.54. The lowest BCUT2D eigenvalue weighted by Crippen LogP contribution is -2.09. The molecule has 3 rings (SSSR count). The molecule has 0 amide bonds. The van der Waals surface area contributed by atoms with Gasteiger partial charge in [0.15, 0.2) is 16.6 Å². The van der Waals surface area contributed by atoms with E-state index in [1.807, 2.05) is 20.7 Å². The van der Waals surface area contributed by atoms with Gasteiger partial charge in [0.1, 0.15) is 5.82 Å². The topological polar surface area (TPSA) is 74.0 Å². The van der Waals surface area contributed by atoms with Gasteiger partial charge in [-0.15, -0.1) is 16.4 Å². The number of fused-ring (bicyclic) bond motifs is 1. The molecule has 0 bridgehead atoms. The molecule has 0 unspecified atom stereocenters. The number of imidazole rings is 1. The summed E-state index contributed by atoms with van der Waals surface area (Å²) in [6, 6.07) is 0. The third-order valence-corrected chi connectivity index (χ3v) is 3.84. The highest BCUT2D eigenvalue weighted by Gasteiger charge is 2.18. The molecule has 0 saturated heterocycles. The molecule has 0 saturated carbocycles. The Morgan fingerprint density at radius 1 is 1.26 bits per heavy atom. The Bertz CT molecular complexity index is 707. The Balaban J connectivity index is 2.22. The van der Waals surface area contributed by atoms with Gasteiger partial charge in [-0.3, -0.25) is 4.40 Å². The third-order valence-electron chi connectivity index (χ3n) is 3.08. The highest BCUT2D eigenvalue weighted by molar-refractivity contribution is 7.15. The number of aromatic nitrogens is 5. The van der Waals surface area contributed by atoms with Gasteiger partial charge in [0.2, 0.25) is 0 Å². The summed E-state index contributed by atoms with van der Waals surface area (Å²) in [7, 11) is 0. The number of rotatable bonds is 4. The van der Waals surface area contributed by atoms with Crippen LogP contribution in [-0.4, -0.2) is 24.1 Å². The fourth-order valence-corrected chi connectivity index (χ4v) is 2.85. The number of nitrogens with zero attached hydrogens (tertiary/aromatic N) is 5. The van der Waals surface area contributed by atoms with E-state index in [-0.39, 0.29) is 0 Å². The summed E-state index contributed by atoms with van der Waals surface area (Å²) in [5.74, 6) is 2.58. The lowest BCUT2D eigenvalue weighted by molar-refractivity contribution is 0.759. The van der Waals surface area contributed by atoms with Crippen molar-refractivity contribution in [2.24, 2.45) is 5.73 Å². The predicted molar refractivity (Wildman–Crippen MR) is 74.6 cm³/mol. The van der Waals surface area contributed by atoms with Gasteiger partial charge in [-0.25, -0.2) is 4.98 Å². The van der Waals surface area contributed by atoms with Gasteiger partial charge >= 0.3 is 0 Å². The number of thiazole rings is 1. The van der Waals surface area contributed by atoms with E-state index >= 15 is 0 Å². The molecular weight excluding hydrogens is 260 g/mol. The van der Waals surface area contributed by atoms with Crippen LogP contribution < -0.4 is 5.73 Å². The minimum absolute atomic E-state index is 0.428. The van der Waals surface area contributed by atoms with E-state index < -0.39 is 0 Å². The molecule has 0 aliphatic heterocycles. The molecule has 0 aromatic carbocycles. The highest BCUT2D eigenvalue weighted by Crippen LogP contribution is 2.21. The number of aryl methyl sites for hydroxylation is 2. The van der Waals surface area contributed by atoms with Crippen LogP contribution >= 0.6 is 11.3 Å². The molecule has 7 heteroatoms. The van der Waals surface area contributed by atoms with Crippen molar-refractivity contribution in [3.8, 4) is 5.82 Å². The van der Waals surface area contributed by atoms with Crippen molar-refractivity contribution >= 4 is 16.3 Å². The zero-order valence-corrected chi connectivity index (χ0v) is 11.8. The van der Waals surface area contributed by atoms with Gasteiger partial charge in [0.05, 0.1) is 5.69 Å². The molecule has 3 aromatic rings. The molecular formula is C12H16N6S. The second kappa shape index (κ2) is 4.75. The van der Waals surface area contributed by atoms with Gasteiger partial charge in [0.25, 0.3) is 0 Å². The Labute approximate surface area is 114 Å². The Morgan fingerprint density at radius 3 is 2.79 bits per heavy atom. The van der Waals surface area contributed by atoms with E-state index in [0.717, 1.165) is 41.0 Å². The van der Waals surface area contributed by atoms with Crippen molar-refractivity contribution in [2.75, 3.05) is 0 Å². The molecule has 0 radical (unpaired) electrons. The molecule has 0 fully saturated rings. The van der Waals surface area contributed by atoms with Crippen LogP contribution in [-0.2, 0) is 19.4 Å². The lowest BCUT2D eigenvalue weighted by atomic mass is 10.4. The first-order valence-electron chi connectivity index (χ1n) is 6.38. The second-order valence-electron chi connectivity index (χ2n) is 4.20. The minimum Gasteiger partial charge on any atom is -0.325 e. The Morgan fingerprint density at radius 2 is 2.11 bits per heavy atom. The normalized spacial score (nSPS) is 11.5. The Kier molecular flexibility index (Phi) is 3.08. The predicted octanol–water partition coefficient (Wildman–Crippen LogP) is 1.56. The van der Waals surface area contributed by atoms with Crippen LogP contribution in [0.15, 0.2) is 11.6 Å². The van der Waals surface area contributed by atoms with Crippen LogP contribution in [0.25, 0.3) is 10.8 Å². The molecule has 100 valence electrons. The summed E-state index contributed by atoms with van der Waals surface area (Å²) < 4.78 is 3.85. The van der Waals surface area contributed by atoms with Gasteiger partial charge in [-0.05, 0) is 0 Å². The molecule has 6 nitrogen and oxygen atoms in total. The van der Waals surface area contributed by atoms with E-state index in [4.69, 9.17) is 5.73 Å². The maximum atomic E-state index is 5.87. The number of nitrogens with two attached hydrogens (primary N) is 1. The highest BCUT2D eigenvalue weighted by atomic mass is 32.1. The largest absolute Gasteiger partial charge is 0.325 e. The maximum absolute atomic E-state index is 5.87. The summed E-state index contributed by atoms with van der Waals surface area (Å²) in [5.41, 5.74) is 6.84. The minimum atomic E-state index is 0.428. The number of hydrogen-bond donors (Lipinski definition) is 1. The first kappa shape index (κ1) is 12.3. The van der Waals surface area contributed by atoms with E-state index in [2.05, 4.69) is 28.9 Å². The average Bonchev–Trinajstić information content (AvgIpc) is 3.10. The van der Waals surface area contributed by atoms with Crippen LogP contribution in [0, 0.1) is 0 Å². The fraction of sp³-hybridized carbons (Fsp3) is 0.417. The fourth-order valence-electron chi connectivity index (χ4n) is 2.12. The van der Waals surface area contributed by atoms with Crippen LogP contribution in [0.4, 0.5) is 0 Å². The molecule has 0 atom stereocenters. The van der Waals surface area contributed by atoms with Crippen molar-refractivity contribution in [1.82, 2.24) is 24.1 Å². The quantitative estimate of drug-likeness (QED) is 0.784. The van der Waals surface area contributed by atoms with Gasteiger partial charge in [0, 0.05) is 31.0 Å². The summed E-state index contributed by atoms with van der Waals surface area (Å²) in [4.78, 5) is 10.1. The van der Waals surface area contributed by atoms with Gasteiger partial charge in [-0.1, -0.05) is 13.8 Å². The third kappa shape index (κ3) is 1.85. The first-order chi connectivity index (χ1) is 9.28. The molecule has 0 spiro atoms. The molecule has 2 N–H and O–H groups in total. The monoisotopic (exact) mass is 276 g/mol. The maximum Gasteiger partial charge on any atom is 0.196 e. The summed E-state index contributed by atoms with van der Waals surface area (Å²) >= 11 is 1.59. The molecule has 0 aliphatic rings. The molecule has 3 aromatic heterocycles. The average molecular weight is 276 g/mol. The SMILES string of the molecule is CCc1nc(CC)n(-c2nc3sccn3c2CN)n1. The lowest BCUT2D eigenvalue weighted by Gasteiger charge is -2.03. The molecule has 0 aliphatic carbocycles. The van der Waals surface area contributed by atoms with Crippen LogP contribution in [0.5, 0.6) is 0 Å². The molecule has 19 heavy (non-hydrogen) atoms. The van der Waals surface area contributed by atoms with Crippen LogP contribution in [0.1, 0.15) is 31.2 Å². The van der Waals surface area contributed by atoms with E-state index in [1.165, 1.54) is 0 Å². The van der Waals surface area contributed by atoms with E-state index in [1.54, 1.807) is 11.3 Å². The zero-order valence-electron chi connectivity index (χ0n) is 11.0. The second-order valence-corrected chi connectivity index (χ2v) is 5.08. The van der Waals surface area contributed by atoms with Crippen molar-refractivity contribution < 1.29 is 0 Å². The van der Waals surface area contributed by atoms with Gasteiger partial charge < -0.3 is 5.73 Å². The van der Waals surface area contributed by atoms with E-state index in [0.29, 0.717) is 6.54 Å². The standard InChI is InChI=1S/C12H16N6S/c1-3-9-14-10(4-2)18(16-9)11-8(7-13)17-5-6-19-12(17)15-11/h5-6H,3-4,7,13H2,1-2H3. The van der Waals surface area contributed by atoms with Gasteiger partial charge in [-0.2, -0.15) is 9.67 Å². The van der Waals surface area contributed by atoms with E-state index in [9.17, 15) is 0 Å². The molecule has 3 heterocycles. The van der Waals surface area contributed by atoms with Crippen LogP contribution in [0.2, 0.25) is 0 Å². The Hall–Kier alpha value is -1.73. The summed E-state index contributed by atoms with van der Waals surface area (Å²) in [6.45, 7) is 4.55. The first-order valence-corrected chi connectivity index (χ1v) is 7.26. The van der Waals surface area contributed by atoms with Crippen molar-refractivity contribution in [2.45, 2.75) is 33.2 Å². The number of hydrogen-bond acceptors (Lipinski definition) is 5. The smallest absolute Gasteiger partial charge is 0.196 e. The van der Waals surface area contributed by atoms with Crippen molar-refractivity contribution in [1.29, 1.82) is 0 Å². The van der Waals surface area contributed by atoms with Crippen LogP contribution in [0.3, 0.4) is 0 Å². The zero-order chi connectivity index (χ0) is 13.4. The summed E-state index contributed by atoms with van der Waals surface area (Å²) in [6.07, 6.45) is 3.63. The van der Waals surface area contributed by atoms with Crippen molar-refractivity contribution in [3.63, 3.8) is 0 Å². The van der Waals surface area contributed by atoms with Crippen molar-refractivity contribution in [3.05, 3.63) is 28.9 Å².